The lowest BCUT2D eigenvalue weighted by Crippen LogP contribution is -2.44. The van der Waals surface area contributed by atoms with Crippen LogP contribution in [0.5, 0.6) is 5.75 Å². The number of piperidine rings is 1. The second-order valence-corrected chi connectivity index (χ2v) is 8.37. The van der Waals surface area contributed by atoms with Crippen molar-refractivity contribution < 1.29 is 10.2 Å². The molecule has 0 spiro atoms. The zero-order chi connectivity index (χ0) is 19.6. The van der Waals surface area contributed by atoms with Crippen LogP contribution in [0.2, 0.25) is 10.0 Å². The van der Waals surface area contributed by atoms with Crippen LogP contribution in [-0.2, 0) is 0 Å². The molecule has 2 aromatic rings. The van der Waals surface area contributed by atoms with Crippen LogP contribution in [0.1, 0.15) is 25.3 Å². The lowest BCUT2D eigenvalue weighted by atomic mass is 10.1. The van der Waals surface area contributed by atoms with E-state index in [9.17, 15) is 10.2 Å². The van der Waals surface area contributed by atoms with E-state index in [2.05, 4.69) is 10.5 Å². The van der Waals surface area contributed by atoms with Crippen molar-refractivity contribution in [1.82, 2.24) is 10.3 Å². The number of hydrazone groups is 1. The van der Waals surface area contributed by atoms with Gasteiger partial charge < -0.3 is 15.1 Å². The standard InChI is InChI=1S/C18H19Cl2N3O2S2/c1-10(21-22-18(26)23-6-4-12(24)5-7-23)13-9-27-17(16(13)25)11-2-3-14(19)15(20)8-11/h2-3,8-9,12,24-25H,4-7H2,1H3,(H,22,26)/b21-10+. The minimum Gasteiger partial charge on any atom is -0.506 e. The summed E-state index contributed by atoms with van der Waals surface area (Å²) in [5, 5.41) is 27.8. The van der Waals surface area contributed by atoms with Gasteiger partial charge in [0.2, 0.25) is 0 Å². The lowest BCUT2D eigenvalue weighted by molar-refractivity contribution is 0.109. The van der Waals surface area contributed by atoms with Crippen LogP contribution in [0, 0.1) is 0 Å². The van der Waals surface area contributed by atoms with E-state index < -0.39 is 0 Å². The Balaban J connectivity index is 1.72. The van der Waals surface area contributed by atoms with Crippen LogP contribution in [0.3, 0.4) is 0 Å². The predicted molar refractivity (Wildman–Crippen MR) is 116 cm³/mol. The molecule has 0 radical (unpaired) electrons. The molecule has 1 aromatic heterocycles. The molecule has 1 aromatic carbocycles. The molecule has 5 nitrogen and oxygen atoms in total. The molecule has 3 rings (SSSR count). The Morgan fingerprint density at radius 3 is 2.67 bits per heavy atom. The maximum Gasteiger partial charge on any atom is 0.189 e. The number of benzene rings is 1. The maximum absolute atomic E-state index is 10.6. The number of nitrogens with one attached hydrogen (secondary N) is 1. The van der Waals surface area contributed by atoms with E-state index in [0.29, 0.717) is 57.2 Å². The number of halogens is 2. The number of aliphatic hydroxyl groups is 1. The molecule has 1 fully saturated rings. The number of nitrogens with zero attached hydrogens (tertiary/aromatic N) is 2. The fourth-order valence-corrected chi connectivity index (χ4v) is 4.31. The van der Waals surface area contributed by atoms with Gasteiger partial charge in [-0.05, 0) is 49.7 Å². The van der Waals surface area contributed by atoms with Crippen molar-refractivity contribution in [2.75, 3.05) is 13.1 Å². The smallest absolute Gasteiger partial charge is 0.189 e. The number of rotatable bonds is 3. The normalized spacial score (nSPS) is 15.9. The molecule has 1 aliphatic heterocycles. The topological polar surface area (TPSA) is 68.1 Å². The van der Waals surface area contributed by atoms with Crippen LogP contribution in [-0.4, -0.2) is 45.1 Å². The van der Waals surface area contributed by atoms with Gasteiger partial charge in [-0.2, -0.15) is 5.10 Å². The fourth-order valence-electron chi connectivity index (χ4n) is 2.78. The van der Waals surface area contributed by atoms with E-state index in [4.69, 9.17) is 35.4 Å². The highest BCUT2D eigenvalue weighted by molar-refractivity contribution is 7.80. The average molecular weight is 444 g/mol. The molecule has 3 N–H and O–H groups in total. The van der Waals surface area contributed by atoms with Crippen LogP contribution in [0.4, 0.5) is 0 Å². The molecular formula is C18H19Cl2N3O2S2. The highest BCUT2D eigenvalue weighted by atomic mass is 35.5. The monoisotopic (exact) mass is 443 g/mol. The first-order valence-electron chi connectivity index (χ1n) is 8.40. The second kappa shape index (κ2) is 8.75. The summed E-state index contributed by atoms with van der Waals surface area (Å²) < 4.78 is 0. The summed E-state index contributed by atoms with van der Waals surface area (Å²) in [5.41, 5.74) is 4.92. The molecule has 0 amide bonds. The third kappa shape index (κ3) is 4.73. The van der Waals surface area contributed by atoms with Gasteiger partial charge in [-0.3, -0.25) is 5.43 Å². The third-order valence-corrected chi connectivity index (χ3v) is 6.51. The molecule has 1 saturated heterocycles. The van der Waals surface area contributed by atoms with Crippen molar-refractivity contribution in [2.45, 2.75) is 25.9 Å². The van der Waals surface area contributed by atoms with Gasteiger partial charge in [0.05, 0.1) is 32.3 Å². The summed E-state index contributed by atoms with van der Waals surface area (Å²) in [7, 11) is 0. The van der Waals surface area contributed by atoms with Crippen molar-refractivity contribution in [3.8, 4) is 16.2 Å². The minimum atomic E-state index is -0.253. The van der Waals surface area contributed by atoms with E-state index >= 15 is 0 Å². The van der Waals surface area contributed by atoms with Crippen molar-refractivity contribution in [2.24, 2.45) is 5.10 Å². The number of thiocarbonyl (C=S) groups is 1. The van der Waals surface area contributed by atoms with Gasteiger partial charge in [0, 0.05) is 18.5 Å². The molecule has 0 saturated carbocycles. The predicted octanol–water partition coefficient (Wildman–Crippen LogP) is 4.48. The Hall–Kier alpha value is -1.38. The Morgan fingerprint density at radius 2 is 2.00 bits per heavy atom. The molecular weight excluding hydrogens is 425 g/mol. The molecule has 2 heterocycles. The molecule has 27 heavy (non-hydrogen) atoms. The second-order valence-electron chi connectivity index (χ2n) is 6.29. The van der Waals surface area contributed by atoms with Crippen LogP contribution >= 0.6 is 46.8 Å². The van der Waals surface area contributed by atoms with Gasteiger partial charge in [0.1, 0.15) is 5.75 Å². The Labute approximate surface area is 177 Å². The van der Waals surface area contributed by atoms with Crippen LogP contribution < -0.4 is 5.43 Å². The third-order valence-electron chi connectivity index (χ3n) is 4.41. The first kappa shape index (κ1) is 20.4. The molecule has 0 unspecified atom stereocenters. The average Bonchev–Trinajstić information content (AvgIpc) is 3.04. The summed E-state index contributed by atoms with van der Waals surface area (Å²) >= 11 is 18.8. The van der Waals surface area contributed by atoms with E-state index in [-0.39, 0.29) is 11.9 Å². The molecule has 9 heteroatoms. The highest BCUT2D eigenvalue weighted by Gasteiger charge is 2.19. The summed E-state index contributed by atoms with van der Waals surface area (Å²) in [6, 6.07) is 5.24. The van der Waals surface area contributed by atoms with Crippen molar-refractivity contribution >= 4 is 57.6 Å². The molecule has 1 aliphatic rings. The van der Waals surface area contributed by atoms with Gasteiger partial charge in [-0.15, -0.1) is 11.3 Å². The molecule has 0 bridgehead atoms. The van der Waals surface area contributed by atoms with Crippen molar-refractivity contribution in [1.29, 1.82) is 0 Å². The fraction of sp³-hybridized carbons (Fsp3) is 0.333. The Bertz CT molecular complexity index is 877. The molecule has 0 atom stereocenters. The molecule has 0 aliphatic carbocycles. The first-order valence-corrected chi connectivity index (χ1v) is 10.4. The Morgan fingerprint density at radius 1 is 1.30 bits per heavy atom. The van der Waals surface area contributed by atoms with Gasteiger partial charge >= 0.3 is 0 Å². The number of aliphatic hydroxyl groups excluding tert-OH is 1. The number of hydrogen-bond acceptors (Lipinski definition) is 5. The largest absolute Gasteiger partial charge is 0.506 e. The van der Waals surface area contributed by atoms with Crippen molar-refractivity contribution in [3.63, 3.8) is 0 Å². The lowest BCUT2D eigenvalue weighted by Gasteiger charge is -2.30. The van der Waals surface area contributed by atoms with E-state index in [1.807, 2.05) is 16.3 Å². The van der Waals surface area contributed by atoms with Gasteiger partial charge in [0.15, 0.2) is 5.11 Å². The van der Waals surface area contributed by atoms with Crippen molar-refractivity contribution in [3.05, 3.63) is 39.2 Å². The minimum absolute atomic E-state index is 0.147. The SMILES string of the molecule is C/C(=N\NC(=S)N1CCC(O)CC1)c1csc(-c2ccc(Cl)c(Cl)c2)c1O. The maximum atomic E-state index is 10.6. The quantitative estimate of drug-likeness (QED) is 0.370. The summed E-state index contributed by atoms with van der Waals surface area (Å²) in [6.07, 6.45) is 1.14. The number of likely N-dealkylation sites (tertiary alicyclic amines) is 1. The van der Waals surface area contributed by atoms with Gasteiger partial charge in [0.25, 0.3) is 0 Å². The zero-order valence-corrected chi connectivity index (χ0v) is 17.7. The first-order chi connectivity index (χ1) is 12.9. The summed E-state index contributed by atoms with van der Waals surface area (Å²) in [4.78, 5) is 2.68. The number of hydrogen-bond donors (Lipinski definition) is 3. The van der Waals surface area contributed by atoms with Gasteiger partial charge in [-0.1, -0.05) is 29.3 Å². The zero-order valence-electron chi connectivity index (χ0n) is 14.6. The summed E-state index contributed by atoms with van der Waals surface area (Å²) in [5.74, 6) is 0.147. The number of thiophene rings is 1. The van der Waals surface area contributed by atoms with Crippen LogP contribution in [0.15, 0.2) is 28.7 Å². The van der Waals surface area contributed by atoms with Crippen LogP contribution in [0.25, 0.3) is 10.4 Å². The number of aromatic hydroxyl groups is 1. The van der Waals surface area contributed by atoms with E-state index in [1.54, 1.807) is 19.1 Å². The van der Waals surface area contributed by atoms with E-state index in [0.717, 1.165) is 5.56 Å². The van der Waals surface area contributed by atoms with E-state index in [1.165, 1.54) is 11.3 Å². The Kier molecular flexibility index (Phi) is 6.60. The van der Waals surface area contributed by atoms with Gasteiger partial charge in [-0.25, -0.2) is 0 Å². The molecule has 144 valence electrons. The highest BCUT2D eigenvalue weighted by Crippen LogP contribution is 2.40. The summed E-state index contributed by atoms with van der Waals surface area (Å²) in [6.45, 7) is 3.20.